The highest BCUT2D eigenvalue weighted by molar-refractivity contribution is 6.33. The molecule has 0 saturated heterocycles. The van der Waals surface area contributed by atoms with Crippen molar-refractivity contribution in [1.82, 2.24) is 19.7 Å². The number of carbonyl (C=O) groups is 1. The van der Waals surface area contributed by atoms with E-state index in [0.717, 1.165) is 61.1 Å². The largest absolute Gasteiger partial charge is 0.481 e. The molecule has 1 atom stereocenters. The zero-order chi connectivity index (χ0) is 17.7. The number of carboxylic acids is 1. The van der Waals surface area contributed by atoms with Crippen LogP contribution in [-0.4, -0.2) is 30.8 Å². The van der Waals surface area contributed by atoms with Gasteiger partial charge < -0.3 is 5.11 Å². The normalized spacial score (nSPS) is 12.7. The number of carboxylic acid groups (broad SMARTS) is 1. The minimum atomic E-state index is -0.726. The van der Waals surface area contributed by atoms with E-state index in [2.05, 4.69) is 22.0 Å². The number of nitrogens with zero attached hydrogens (tertiary/aromatic N) is 4. The summed E-state index contributed by atoms with van der Waals surface area (Å²) >= 11 is 6.32. The summed E-state index contributed by atoms with van der Waals surface area (Å²) in [4.78, 5) is 19.9. The lowest BCUT2D eigenvalue weighted by Crippen LogP contribution is -2.08. The van der Waals surface area contributed by atoms with Crippen LogP contribution >= 0.6 is 11.6 Å². The smallest absolute Gasteiger partial charge is 0.306 e. The molecule has 6 nitrogen and oxygen atoms in total. The number of rotatable bonds is 9. The first-order chi connectivity index (χ1) is 11.4. The van der Waals surface area contributed by atoms with Crippen LogP contribution in [0.25, 0.3) is 11.0 Å². The maximum absolute atomic E-state index is 10.8. The molecule has 0 fully saturated rings. The van der Waals surface area contributed by atoms with Crippen molar-refractivity contribution in [3.05, 3.63) is 16.7 Å². The van der Waals surface area contributed by atoms with Crippen LogP contribution in [-0.2, 0) is 24.7 Å². The average Bonchev–Trinajstić information content (AvgIpc) is 2.83. The van der Waals surface area contributed by atoms with Gasteiger partial charge in [0.25, 0.3) is 0 Å². The fraction of sp³-hybridized carbons (Fsp3) is 0.647. The molecule has 0 saturated carbocycles. The summed E-state index contributed by atoms with van der Waals surface area (Å²) in [5.41, 5.74) is 2.61. The van der Waals surface area contributed by atoms with Crippen LogP contribution in [0.15, 0.2) is 0 Å². The van der Waals surface area contributed by atoms with Gasteiger partial charge in [-0.3, -0.25) is 9.48 Å². The Morgan fingerprint density at radius 1 is 1.25 bits per heavy atom. The Morgan fingerprint density at radius 3 is 2.67 bits per heavy atom. The number of halogens is 1. The molecule has 0 amide bonds. The first-order valence-electron chi connectivity index (χ1n) is 8.54. The fourth-order valence-electron chi connectivity index (χ4n) is 2.79. The molecule has 0 aliphatic carbocycles. The molecular formula is C17H25ClN4O2. The van der Waals surface area contributed by atoms with Gasteiger partial charge in [0.2, 0.25) is 0 Å². The molecule has 0 bridgehead atoms. The third-order valence-corrected chi connectivity index (χ3v) is 4.46. The van der Waals surface area contributed by atoms with Crippen molar-refractivity contribution >= 4 is 28.6 Å². The standard InChI is InChI=1S/C17H25ClN4O2/c1-4-8-12-14-15(22(3)21-12)16(18)20-13(19-14)10-7-5-6-9-11(2)17(23)24/h11H,4-10H2,1-3H3,(H,23,24). The highest BCUT2D eigenvalue weighted by Crippen LogP contribution is 2.24. The van der Waals surface area contributed by atoms with Crippen molar-refractivity contribution in [3.63, 3.8) is 0 Å². The van der Waals surface area contributed by atoms with Gasteiger partial charge in [0, 0.05) is 13.5 Å². The number of hydrogen-bond acceptors (Lipinski definition) is 4. The van der Waals surface area contributed by atoms with Gasteiger partial charge in [0.1, 0.15) is 16.9 Å². The monoisotopic (exact) mass is 352 g/mol. The second-order valence-electron chi connectivity index (χ2n) is 6.29. The van der Waals surface area contributed by atoms with Gasteiger partial charge in [0.15, 0.2) is 5.15 Å². The van der Waals surface area contributed by atoms with E-state index in [1.54, 1.807) is 11.6 Å². The Labute approximate surface area is 147 Å². The molecule has 2 aromatic rings. The van der Waals surface area contributed by atoms with Gasteiger partial charge in [-0.15, -0.1) is 0 Å². The molecule has 24 heavy (non-hydrogen) atoms. The van der Waals surface area contributed by atoms with Gasteiger partial charge in [-0.2, -0.15) is 5.10 Å². The molecule has 2 aromatic heterocycles. The van der Waals surface area contributed by atoms with Gasteiger partial charge in [-0.1, -0.05) is 44.7 Å². The maximum Gasteiger partial charge on any atom is 0.306 e. The van der Waals surface area contributed by atoms with Gasteiger partial charge in [0.05, 0.1) is 11.6 Å². The lowest BCUT2D eigenvalue weighted by Gasteiger charge is -2.06. The van der Waals surface area contributed by atoms with Crippen LogP contribution in [0.3, 0.4) is 0 Å². The van der Waals surface area contributed by atoms with E-state index in [4.69, 9.17) is 16.7 Å². The van der Waals surface area contributed by atoms with Gasteiger partial charge in [-0.25, -0.2) is 9.97 Å². The fourth-order valence-corrected chi connectivity index (χ4v) is 3.10. The molecule has 0 aliphatic heterocycles. The Kier molecular flexibility index (Phi) is 6.54. The van der Waals surface area contributed by atoms with Crippen LogP contribution in [0.2, 0.25) is 5.15 Å². The van der Waals surface area contributed by atoms with Gasteiger partial charge in [-0.05, 0) is 19.3 Å². The second kappa shape index (κ2) is 8.42. The predicted molar refractivity (Wildman–Crippen MR) is 94.3 cm³/mol. The number of unbranched alkanes of at least 4 members (excludes halogenated alkanes) is 2. The van der Waals surface area contributed by atoms with Crippen molar-refractivity contribution < 1.29 is 9.90 Å². The number of aromatic nitrogens is 4. The van der Waals surface area contributed by atoms with E-state index in [-0.39, 0.29) is 5.92 Å². The first-order valence-corrected chi connectivity index (χ1v) is 8.92. The van der Waals surface area contributed by atoms with Crippen LogP contribution in [0.4, 0.5) is 0 Å². The molecule has 1 unspecified atom stereocenters. The van der Waals surface area contributed by atoms with Crippen molar-refractivity contribution in [2.45, 2.75) is 58.8 Å². The Balaban J connectivity index is 2.00. The Bertz CT molecular complexity index is 714. The third kappa shape index (κ3) is 4.44. The van der Waals surface area contributed by atoms with Gasteiger partial charge >= 0.3 is 5.97 Å². The van der Waals surface area contributed by atoms with E-state index in [9.17, 15) is 4.79 Å². The SMILES string of the molecule is CCCc1nn(C)c2c(Cl)nc(CCCCCC(C)C(=O)O)nc12. The van der Waals surface area contributed by atoms with E-state index in [1.165, 1.54) is 0 Å². The summed E-state index contributed by atoms with van der Waals surface area (Å²) in [5, 5.41) is 13.8. The van der Waals surface area contributed by atoms with Crippen LogP contribution in [0.5, 0.6) is 0 Å². The number of fused-ring (bicyclic) bond motifs is 1. The minimum Gasteiger partial charge on any atom is -0.481 e. The minimum absolute atomic E-state index is 0.279. The first kappa shape index (κ1) is 18.6. The quantitative estimate of drug-likeness (QED) is 0.548. The molecule has 0 aliphatic rings. The van der Waals surface area contributed by atoms with Crippen LogP contribution in [0.1, 0.15) is 57.5 Å². The number of aliphatic carboxylic acids is 1. The topological polar surface area (TPSA) is 80.9 Å². The molecule has 0 radical (unpaired) electrons. The lowest BCUT2D eigenvalue weighted by atomic mass is 10.0. The van der Waals surface area contributed by atoms with E-state index >= 15 is 0 Å². The molecule has 132 valence electrons. The molecule has 2 heterocycles. The van der Waals surface area contributed by atoms with E-state index < -0.39 is 5.97 Å². The zero-order valence-corrected chi connectivity index (χ0v) is 15.3. The zero-order valence-electron chi connectivity index (χ0n) is 14.5. The summed E-state index contributed by atoms with van der Waals surface area (Å²) in [6.45, 7) is 3.86. The van der Waals surface area contributed by atoms with Crippen LogP contribution in [0, 0.1) is 5.92 Å². The lowest BCUT2D eigenvalue weighted by molar-refractivity contribution is -0.141. The Hall–Kier alpha value is -1.69. The summed E-state index contributed by atoms with van der Waals surface area (Å²) < 4.78 is 1.75. The molecule has 0 aromatic carbocycles. The molecule has 2 rings (SSSR count). The highest BCUT2D eigenvalue weighted by atomic mass is 35.5. The van der Waals surface area contributed by atoms with Crippen LogP contribution < -0.4 is 0 Å². The second-order valence-corrected chi connectivity index (χ2v) is 6.64. The van der Waals surface area contributed by atoms with Crippen molar-refractivity contribution in [3.8, 4) is 0 Å². The third-order valence-electron chi connectivity index (χ3n) is 4.20. The Morgan fingerprint density at radius 2 is 2.00 bits per heavy atom. The summed E-state index contributed by atoms with van der Waals surface area (Å²) in [6, 6.07) is 0. The number of aryl methyl sites for hydroxylation is 3. The molecule has 1 N–H and O–H groups in total. The van der Waals surface area contributed by atoms with Crippen molar-refractivity contribution in [1.29, 1.82) is 0 Å². The summed E-state index contributed by atoms with van der Waals surface area (Å²) in [6.07, 6.45) is 6.12. The van der Waals surface area contributed by atoms with E-state index in [0.29, 0.717) is 11.6 Å². The molecule has 0 spiro atoms. The van der Waals surface area contributed by atoms with E-state index in [1.807, 2.05) is 7.05 Å². The van der Waals surface area contributed by atoms with Crippen molar-refractivity contribution in [2.24, 2.45) is 13.0 Å². The highest BCUT2D eigenvalue weighted by Gasteiger charge is 2.15. The summed E-state index contributed by atoms with van der Waals surface area (Å²) in [7, 11) is 1.86. The predicted octanol–water partition coefficient (Wildman–Crippen LogP) is 3.79. The molecule has 7 heteroatoms. The van der Waals surface area contributed by atoms with Crippen molar-refractivity contribution in [2.75, 3.05) is 0 Å². The average molecular weight is 353 g/mol. The molecular weight excluding hydrogens is 328 g/mol. The number of hydrogen-bond donors (Lipinski definition) is 1. The maximum atomic E-state index is 10.8. The summed E-state index contributed by atoms with van der Waals surface area (Å²) in [5.74, 6) is -0.265.